The van der Waals surface area contributed by atoms with Gasteiger partial charge >= 0.3 is 0 Å². The van der Waals surface area contributed by atoms with E-state index in [1.165, 1.54) is 11.6 Å². The van der Waals surface area contributed by atoms with Crippen molar-refractivity contribution in [1.29, 1.82) is 0 Å². The van der Waals surface area contributed by atoms with Crippen LogP contribution < -0.4 is 5.32 Å². The number of benzene rings is 2. The van der Waals surface area contributed by atoms with Crippen molar-refractivity contribution in [3.8, 4) is 11.1 Å². The molecule has 2 aromatic carbocycles. The molecular weight excluding hydrogens is 294 g/mol. The molecule has 0 aliphatic carbocycles. The molecule has 0 fully saturated rings. The summed E-state index contributed by atoms with van der Waals surface area (Å²) >= 11 is 6.16. The average Bonchev–Trinajstić information content (AvgIpc) is 2.52. The zero-order valence-electron chi connectivity index (χ0n) is 12.9. The van der Waals surface area contributed by atoms with Gasteiger partial charge in [0.2, 0.25) is 5.91 Å². The molecule has 0 heterocycles. The van der Waals surface area contributed by atoms with Gasteiger partial charge in [-0.15, -0.1) is 0 Å². The van der Waals surface area contributed by atoms with E-state index in [1.54, 1.807) is 0 Å². The van der Waals surface area contributed by atoms with Gasteiger partial charge in [-0.1, -0.05) is 56.3 Å². The molecule has 1 N–H and O–H groups in total. The Balaban J connectivity index is 2.35. The van der Waals surface area contributed by atoms with E-state index in [2.05, 4.69) is 43.9 Å². The van der Waals surface area contributed by atoms with Gasteiger partial charge in [0.25, 0.3) is 0 Å². The van der Waals surface area contributed by atoms with Gasteiger partial charge in [-0.25, -0.2) is 0 Å². The van der Waals surface area contributed by atoms with Crippen LogP contribution in [0.5, 0.6) is 0 Å². The fourth-order valence-corrected chi connectivity index (χ4v) is 2.56. The Hall–Kier alpha value is -2.06. The Morgan fingerprint density at radius 1 is 1.27 bits per heavy atom. The molecule has 1 amide bonds. The summed E-state index contributed by atoms with van der Waals surface area (Å²) in [6.45, 7) is 8.27. The van der Waals surface area contributed by atoms with E-state index in [1.807, 2.05) is 24.3 Å². The average molecular weight is 314 g/mol. The van der Waals surface area contributed by atoms with Crippen LogP contribution in [0.2, 0.25) is 5.02 Å². The minimum Gasteiger partial charge on any atom is -0.348 e. The van der Waals surface area contributed by atoms with Crippen molar-refractivity contribution >= 4 is 17.5 Å². The zero-order chi connectivity index (χ0) is 16.1. The van der Waals surface area contributed by atoms with E-state index in [0.717, 1.165) is 21.7 Å². The van der Waals surface area contributed by atoms with Crippen LogP contribution >= 0.6 is 11.6 Å². The van der Waals surface area contributed by atoms with E-state index < -0.39 is 0 Å². The first-order chi connectivity index (χ1) is 10.5. The number of amides is 1. The second-order valence-corrected chi connectivity index (χ2v) is 5.95. The van der Waals surface area contributed by atoms with Crippen molar-refractivity contribution in [2.24, 2.45) is 0 Å². The monoisotopic (exact) mass is 313 g/mol. The smallest absolute Gasteiger partial charge is 0.243 e. The van der Waals surface area contributed by atoms with Crippen LogP contribution in [0.15, 0.2) is 55.1 Å². The van der Waals surface area contributed by atoms with Gasteiger partial charge in [0.15, 0.2) is 0 Å². The third kappa shape index (κ3) is 3.99. The molecule has 0 aliphatic heterocycles. The molecule has 22 heavy (non-hydrogen) atoms. The number of hydrogen-bond acceptors (Lipinski definition) is 1. The molecule has 0 atom stereocenters. The second kappa shape index (κ2) is 7.28. The second-order valence-electron chi connectivity index (χ2n) is 5.51. The molecule has 0 aromatic heterocycles. The Morgan fingerprint density at radius 3 is 2.73 bits per heavy atom. The maximum absolute atomic E-state index is 11.3. The van der Waals surface area contributed by atoms with Gasteiger partial charge in [0.05, 0.1) is 0 Å². The standard InChI is InChI=1S/C19H20ClNO/c1-4-19(22)21-12-14-6-5-7-15(10-14)18-11-16(20)8-9-17(18)13(2)3/h4-11,13H,1,12H2,2-3H3,(H,21,22). The van der Waals surface area contributed by atoms with E-state index in [-0.39, 0.29) is 5.91 Å². The topological polar surface area (TPSA) is 29.1 Å². The van der Waals surface area contributed by atoms with Gasteiger partial charge in [-0.3, -0.25) is 4.79 Å². The highest BCUT2D eigenvalue weighted by atomic mass is 35.5. The summed E-state index contributed by atoms with van der Waals surface area (Å²) in [7, 11) is 0. The Morgan fingerprint density at radius 2 is 2.05 bits per heavy atom. The van der Waals surface area contributed by atoms with Crippen LogP contribution in [0, 0.1) is 0 Å². The fraction of sp³-hybridized carbons (Fsp3) is 0.211. The lowest BCUT2D eigenvalue weighted by Crippen LogP contribution is -2.19. The van der Waals surface area contributed by atoms with Gasteiger partial charge in [0, 0.05) is 11.6 Å². The van der Waals surface area contributed by atoms with E-state index in [4.69, 9.17) is 11.6 Å². The summed E-state index contributed by atoms with van der Waals surface area (Å²) in [5, 5.41) is 3.52. The van der Waals surface area contributed by atoms with Crippen molar-refractivity contribution in [2.75, 3.05) is 0 Å². The van der Waals surface area contributed by atoms with Crippen molar-refractivity contribution < 1.29 is 4.79 Å². The molecule has 3 heteroatoms. The van der Waals surface area contributed by atoms with Crippen LogP contribution in [0.3, 0.4) is 0 Å². The molecule has 0 aliphatic rings. The summed E-state index contributed by atoms with van der Waals surface area (Å²) in [6.07, 6.45) is 1.28. The molecule has 0 spiro atoms. The molecule has 0 unspecified atom stereocenters. The minimum absolute atomic E-state index is 0.170. The highest BCUT2D eigenvalue weighted by molar-refractivity contribution is 6.30. The van der Waals surface area contributed by atoms with Crippen LogP contribution in [-0.4, -0.2) is 5.91 Å². The first-order valence-electron chi connectivity index (χ1n) is 7.30. The molecule has 2 rings (SSSR count). The van der Waals surface area contributed by atoms with Crippen molar-refractivity contribution in [1.82, 2.24) is 5.32 Å². The van der Waals surface area contributed by atoms with E-state index in [9.17, 15) is 4.79 Å². The minimum atomic E-state index is -0.170. The highest BCUT2D eigenvalue weighted by Crippen LogP contribution is 2.32. The van der Waals surface area contributed by atoms with Crippen molar-refractivity contribution in [2.45, 2.75) is 26.3 Å². The predicted molar refractivity (Wildman–Crippen MR) is 93.0 cm³/mol. The van der Waals surface area contributed by atoms with Crippen LogP contribution in [0.1, 0.15) is 30.9 Å². The number of carbonyl (C=O) groups is 1. The van der Waals surface area contributed by atoms with Crippen molar-refractivity contribution in [3.63, 3.8) is 0 Å². The van der Waals surface area contributed by atoms with Crippen molar-refractivity contribution in [3.05, 3.63) is 71.3 Å². The number of hydrogen-bond donors (Lipinski definition) is 1. The predicted octanol–water partition coefficient (Wildman–Crippen LogP) is 4.93. The highest BCUT2D eigenvalue weighted by Gasteiger charge is 2.10. The summed E-state index contributed by atoms with van der Waals surface area (Å²) in [4.78, 5) is 11.3. The van der Waals surface area contributed by atoms with E-state index in [0.29, 0.717) is 12.5 Å². The van der Waals surface area contributed by atoms with Crippen LogP contribution in [0.25, 0.3) is 11.1 Å². The normalized spacial score (nSPS) is 10.5. The number of nitrogens with one attached hydrogen (secondary N) is 1. The molecular formula is C19H20ClNO. The third-order valence-electron chi connectivity index (χ3n) is 3.53. The Bertz CT molecular complexity index is 692. The Kier molecular flexibility index (Phi) is 5.40. The molecule has 0 bridgehead atoms. The largest absolute Gasteiger partial charge is 0.348 e. The molecule has 114 valence electrons. The van der Waals surface area contributed by atoms with E-state index >= 15 is 0 Å². The van der Waals surface area contributed by atoms with Gasteiger partial charge in [-0.05, 0) is 52.4 Å². The lowest BCUT2D eigenvalue weighted by Gasteiger charge is -2.14. The molecule has 2 aromatic rings. The number of rotatable bonds is 5. The molecule has 0 saturated carbocycles. The SMILES string of the molecule is C=CC(=O)NCc1cccc(-c2cc(Cl)ccc2C(C)C)c1. The van der Waals surface area contributed by atoms with Crippen LogP contribution in [0.4, 0.5) is 0 Å². The third-order valence-corrected chi connectivity index (χ3v) is 3.76. The number of halogens is 1. The molecule has 2 nitrogen and oxygen atoms in total. The molecule has 0 saturated heterocycles. The fourth-order valence-electron chi connectivity index (χ4n) is 2.39. The quantitative estimate of drug-likeness (QED) is 0.779. The first-order valence-corrected chi connectivity index (χ1v) is 7.68. The maximum Gasteiger partial charge on any atom is 0.243 e. The summed E-state index contributed by atoms with van der Waals surface area (Å²) in [5.41, 5.74) is 4.55. The Labute approximate surface area is 136 Å². The summed E-state index contributed by atoms with van der Waals surface area (Å²) < 4.78 is 0. The first kappa shape index (κ1) is 16.3. The summed E-state index contributed by atoms with van der Waals surface area (Å²) in [6, 6.07) is 14.1. The lowest BCUT2D eigenvalue weighted by molar-refractivity contribution is -0.116. The number of carbonyl (C=O) groups excluding carboxylic acids is 1. The lowest BCUT2D eigenvalue weighted by atomic mass is 9.92. The van der Waals surface area contributed by atoms with Gasteiger partial charge in [-0.2, -0.15) is 0 Å². The summed E-state index contributed by atoms with van der Waals surface area (Å²) in [5.74, 6) is 0.243. The zero-order valence-corrected chi connectivity index (χ0v) is 13.7. The van der Waals surface area contributed by atoms with Crippen LogP contribution in [-0.2, 0) is 11.3 Å². The van der Waals surface area contributed by atoms with Gasteiger partial charge in [0.1, 0.15) is 0 Å². The van der Waals surface area contributed by atoms with Gasteiger partial charge < -0.3 is 5.32 Å². The maximum atomic E-state index is 11.3. The molecule has 0 radical (unpaired) electrons.